The first-order valence-corrected chi connectivity index (χ1v) is 4.40. The van der Waals surface area contributed by atoms with E-state index in [0.29, 0.717) is 6.42 Å². The summed E-state index contributed by atoms with van der Waals surface area (Å²) < 4.78 is 28.9. The van der Waals surface area contributed by atoms with Crippen molar-refractivity contribution in [1.82, 2.24) is 0 Å². The Morgan fingerprint density at radius 2 is 1.91 bits per heavy atom. The summed E-state index contributed by atoms with van der Waals surface area (Å²) in [7, 11) is -4.51. The van der Waals surface area contributed by atoms with Crippen LogP contribution >= 0.6 is 0 Å². The minimum atomic E-state index is -4.51. The normalized spacial score (nSPS) is 11.9. The highest BCUT2D eigenvalue weighted by atomic mass is 32.2. The molecule has 0 atom stereocenters. The van der Waals surface area contributed by atoms with Crippen LogP contribution in [0.3, 0.4) is 0 Å². The van der Waals surface area contributed by atoms with Gasteiger partial charge in [-0.05, 0) is 6.42 Å². The van der Waals surface area contributed by atoms with E-state index in [1.807, 2.05) is 0 Å². The van der Waals surface area contributed by atoms with Crippen molar-refractivity contribution in [2.75, 3.05) is 0 Å². The number of aliphatic carboxylic acids is 1. The van der Waals surface area contributed by atoms with Crippen LogP contribution in [-0.4, -0.2) is 24.0 Å². The van der Waals surface area contributed by atoms with Gasteiger partial charge in [0, 0.05) is 0 Å². The van der Waals surface area contributed by atoms with Crippen molar-refractivity contribution in [1.29, 1.82) is 0 Å². The average molecular weight is 181 g/mol. The topological polar surface area (TPSA) is 91.7 Å². The molecule has 0 amide bonds. The Balaban J connectivity index is 4.49. The molecule has 1 radical (unpaired) electrons. The molecule has 0 aliphatic heterocycles. The molecular weight excluding hydrogens is 172 g/mol. The predicted octanol–water partition coefficient (Wildman–Crippen LogP) is 0.291. The Morgan fingerprint density at radius 1 is 1.45 bits per heavy atom. The molecule has 5 nitrogen and oxygen atoms in total. The third kappa shape index (κ3) is 3.33. The van der Waals surface area contributed by atoms with E-state index >= 15 is 0 Å². The van der Waals surface area contributed by atoms with Crippen LogP contribution in [0.4, 0.5) is 0 Å². The van der Waals surface area contributed by atoms with Gasteiger partial charge in [-0.3, -0.25) is 9.35 Å². The van der Waals surface area contributed by atoms with Gasteiger partial charge in [-0.25, -0.2) is 0 Å². The molecule has 0 aromatic heterocycles. The highest BCUT2D eigenvalue weighted by molar-refractivity contribution is 7.89. The standard InChI is InChI=1S/C5H9O5S/c1-2-3-4(5(6)7)11(8,9)10/h2-3H2,1H3,(H,6,7)(H,8,9,10). The maximum atomic E-state index is 10.3. The molecule has 0 aliphatic rings. The first-order chi connectivity index (χ1) is 4.89. The smallest absolute Gasteiger partial charge is 0.330 e. The number of carbonyl (C=O) groups is 1. The van der Waals surface area contributed by atoms with Gasteiger partial charge in [-0.15, -0.1) is 0 Å². The molecule has 0 saturated carbocycles. The van der Waals surface area contributed by atoms with Gasteiger partial charge in [0.25, 0.3) is 10.1 Å². The summed E-state index contributed by atoms with van der Waals surface area (Å²) in [5, 5.41) is 7.42. The zero-order valence-electron chi connectivity index (χ0n) is 5.94. The van der Waals surface area contributed by atoms with Crippen molar-refractivity contribution in [3.8, 4) is 0 Å². The number of hydrogen-bond donors (Lipinski definition) is 2. The van der Waals surface area contributed by atoms with Crippen LogP contribution in [0, 0.1) is 5.25 Å². The van der Waals surface area contributed by atoms with Gasteiger partial charge >= 0.3 is 5.97 Å². The molecule has 0 rings (SSSR count). The zero-order valence-corrected chi connectivity index (χ0v) is 6.76. The lowest BCUT2D eigenvalue weighted by molar-refractivity contribution is -0.133. The van der Waals surface area contributed by atoms with E-state index in [4.69, 9.17) is 9.66 Å². The Kier molecular flexibility index (Phi) is 3.47. The van der Waals surface area contributed by atoms with Crippen LogP contribution in [0.25, 0.3) is 0 Å². The molecule has 0 fully saturated rings. The zero-order chi connectivity index (χ0) is 9.07. The van der Waals surface area contributed by atoms with E-state index in [-0.39, 0.29) is 6.42 Å². The molecule has 0 aromatic rings. The largest absolute Gasteiger partial charge is 0.480 e. The lowest BCUT2D eigenvalue weighted by Gasteiger charge is -2.04. The Hall–Kier alpha value is -0.620. The van der Waals surface area contributed by atoms with E-state index in [2.05, 4.69) is 0 Å². The third-order valence-corrected chi connectivity index (χ3v) is 2.03. The quantitative estimate of drug-likeness (QED) is 0.608. The van der Waals surface area contributed by atoms with Crippen molar-refractivity contribution < 1.29 is 22.9 Å². The molecular formula is C5H9O5S. The second-order valence-electron chi connectivity index (χ2n) is 1.95. The SMILES string of the molecule is CCC[C](C(=O)O)S(=O)(=O)O. The fourth-order valence-corrected chi connectivity index (χ4v) is 1.26. The first kappa shape index (κ1) is 10.4. The van der Waals surface area contributed by atoms with Gasteiger partial charge < -0.3 is 5.11 Å². The van der Waals surface area contributed by atoms with E-state index in [1.165, 1.54) is 0 Å². The van der Waals surface area contributed by atoms with Crippen LogP contribution in [0.1, 0.15) is 19.8 Å². The monoisotopic (exact) mass is 181 g/mol. The van der Waals surface area contributed by atoms with E-state index in [1.54, 1.807) is 6.92 Å². The van der Waals surface area contributed by atoms with Gasteiger partial charge in [0.2, 0.25) is 5.25 Å². The summed E-state index contributed by atoms with van der Waals surface area (Å²) in [6.07, 6.45) is 0.218. The molecule has 0 unspecified atom stereocenters. The van der Waals surface area contributed by atoms with Crippen LogP contribution in [0.15, 0.2) is 0 Å². The summed E-state index contributed by atoms with van der Waals surface area (Å²) in [4.78, 5) is 10.2. The minimum Gasteiger partial charge on any atom is -0.480 e. The van der Waals surface area contributed by atoms with Gasteiger partial charge in [0.1, 0.15) is 0 Å². The average Bonchev–Trinajstić information content (AvgIpc) is 1.79. The van der Waals surface area contributed by atoms with Crippen LogP contribution < -0.4 is 0 Å². The predicted molar refractivity (Wildman–Crippen MR) is 37.3 cm³/mol. The second-order valence-corrected chi connectivity index (χ2v) is 3.40. The summed E-state index contributed by atoms with van der Waals surface area (Å²) in [5.74, 6) is -1.59. The summed E-state index contributed by atoms with van der Waals surface area (Å²) in [6.45, 7) is 1.62. The van der Waals surface area contributed by atoms with E-state index in [9.17, 15) is 13.2 Å². The molecule has 0 spiro atoms. The van der Waals surface area contributed by atoms with E-state index < -0.39 is 21.3 Å². The van der Waals surface area contributed by atoms with Crippen LogP contribution in [-0.2, 0) is 14.9 Å². The lowest BCUT2D eigenvalue weighted by atomic mass is 10.2. The van der Waals surface area contributed by atoms with Crippen LogP contribution in [0.2, 0.25) is 0 Å². The maximum Gasteiger partial charge on any atom is 0.330 e. The van der Waals surface area contributed by atoms with Gasteiger partial charge in [-0.2, -0.15) is 8.42 Å². The molecule has 6 heteroatoms. The molecule has 0 heterocycles. The molecule has 2 N–H and O–H groups in total. The van der Waals surface area contributed by atoms with Gasteiger partial charge in [-0.1, -0.05) is 13.3 Å². The van der Waals surface area contributed by atoms with Gasteiger partial charge in [0.15, 0.2) is 0 Å². The first-order valence-electron chi connectivity index (χ1n) is 2.96. The number of carboxylic acid groups (broad SMARTS) is 1. The number of carboxylic acids is 1. The van der Waals surface area contributed by atoms with Gasteiger partial charge in [0.05, 0.1) is 0 Å². The minimum absolute atomic E-state index is 0.145. The number of hydrogen-bond acceptors (Lipinski definition) is 3. The van der Waals surface area contributed by atoms with Crippen molar-refractivity contribution in [2.24, 2.45) is 0 Å². The highest BCUT2D eigenvalue weighted by Gasteiger charge is 2.31. The summed E-state index contributed by atoms with van der Waals surface area (Å²) in [5.41, 5.74) is 0. The summed E-state index contributed by atoms with van der Waals surface area (Å²) in [6, 6.07) is 0. The fraction of sp³-hybridized carbons (Fsp3) is 0.600. The molecule has 0 bridgehead atoms. The highest BCUT2D eigenvalue weighted by Crippen LogP contribution is 2.15. The number of rotatable bonds is 4. The van der Waals surface area contributed by atoms with Crippen molar-refractivity contribution in [3.05, 3.63) is 5.25 Å². The van der Waals surface area contributed by atoms with Crippen molar-refractivity contribution in [3.63, 3.8) is 0 Å². The Bertz CT molecular complexity index is 229. The molecule has 0 aliphatic carbocycles. The Morgan fingerprint density at radius 3 is 2.00 bits per heavy atom. The third-order valence-electron chi connectivity index (χ3n) is 1.03. The molecule has 65 valence electrons. The maximum absolute atomic E-state index is 10.3. The second kappa shape index (κ2) is 3.68. The lowest BCUT2D eigenvalue weighted by Crippen LogP contribution is -2.20. The van der Waals surface area contributed by atoms with Crippen molar-refractivity contribution in [2.45, 2.75) is 19.8 Å². The molecule has 11 heavy (non-hydrogen) atoms. The Labute approximate surface area is 64.8 Å². The van der Waals surface area contributed by atoms with Crippen LogP contribution in [0.5, 0.6) is 0 Å². The molecule has 0 aromatic carbocycles. The fourth-order valence-electron chi connectivity index (χ4n) is 0.573. The van der Waals surface area contributed by atoms with E-state index in [0.717, 1.165) is 0 Å². The molecule has 0 saturated heterocycles. The summed E-state index contributed by atoms with van der Waals surface area (Å²) >= 11 is 0. The van der Waals surface area contributed by atoms with Crippen molar-refractivity contribution >= 4 is 16.1 Å².